The molecule has 117 heavy (non-hydrogen) atoms. The van der Waals surface area contributed by atoms with Crippen molar-refractivity contribution in [2.24, 2.45) is 62.7 Å². The van der Waals surface area contributed by atoms with Gasteiger partial charge in [-0.25, -0.2) is 9.78 Å². The topological polar surface area (TPSA) is 245 Å². The quantitative estimate of drug-likeness (QED) is 0.00599. The summed E-state index contributed by atoms with van der Waals surface area (Å²) in [4.78, 5) is 71.5. The number of amides is 2. The molecule has 0 saturated carbocycles. The van der Waals surface area contributed by atoms with Gasteiger partial charge in [0.15, 0.2) is 5.78 Å². The van der Waals surface area contributed by atoms with E-state index in [9.17, 15) is 24.0 Å². The normalized spacial score (nSPS) is 16.1. The van der Waals surface area contributed by atoms with Gasteiger partial charge in [-0.2, -0.15) is 38.8 Å². The van der Waals surface area contributed by atoms with E-state index in [1.165, 1.54) is 35.1 Å². The van der Waals surface area contributed by atoms with E-state index in [1.807, 2.05) is 179 Å². The zero-order chi connectivity index (χ0) is 85.6. The Hall–Kier alpha value is -8.16. The number of imidazole rings is 1. The number of Topliss-reactive ketones (excluding diaryl/α,β-unsaturated/α-hetero) is 1. The molecule has 1 aromatic heterocycles. The average Bonchev–Trinajstić information content (AvgIpc) is 1.39. The lowest BCUT2D eigenvalue weighted by Gasteiger charge is -2.34. The first-order chi connectivity index (χ1) is 56.2. The molecule has 11 unspecified atom stereocenters. The van der Waals surface area contributed by atoms with Gasteiger partial charge in [0.2, 0.25) is 17.6 Å². The van der Waals surface area contributed by atoms with Crippen LogP contribution in [-0.2, 0) is 69.3 Å². The van der Waals surface area contributed by atoms with Gasteiger partial charge in [0.05, 0.1) is 61.2 Å². The highest BCUT2D eigenvalue weighted by atomic mass is 35.5. The number of esters is 2. The number of aromatic nitrogens is 2. The lowest BCUT2D eigenvalue weighted by molar-refractivity contribution is -0.153. The van der Waals surface area contributed by atoms with Crippen molar-refractivity contribution < 1.29 is 46.6 Å². The summed E-state index contributed by atoms with van der Waals surface area (Å²) in [7, 11) is 0. The van der Waals surface area contributed by atoms with Crippen LogP contribution in [0.15, 0.2) is 186 Å². The summed E-state index contributed by atoms with van der Waals surface area (Å²) in [6.45, 7) is 34.7. The summed E-state index contributed by atoms with van der Waals surface area (Å²) in [6.07, 6.45) is 13.3. The molecular weight excluding hydrogens is 1550 g/mol. The maximum atomic E-state index is 13.3. The number of rotatable bonds is 40. The lowest BCUT2D eigenvalue weighted by atomic mass is 9.84. The number of amidine groups is 1. The summed E-state index contributed by atoms with van der Waals surface area (Å²) in [5, 5.41) is 20.2. The van der Waals surface area contributed by atoms with E-state index in [0.29, 0.717) is 105 Å². The second-order valence-corrected chi connectivity index (χ2v) is 32.9. The number of hydrogen-bond donors (Lipinski definition) is 5. The van der Waals surface area contributed by atoms with E-state index >= 15 is 0 Å². The molecule has 3 heterocycles. The lowest BCUT2D eigenvalue weighted by Crippen LogP contribution is -2.50. The summed E-state index contributed by atoms with van der Waals surface area (Å²) in [5.74, 6) is 5.01. The number of aryl methyl sites for hydroxylation is 3. The third kappa shape index (κ3) is 37.4. The van der Waals surface area contributed by atoms with Crippen molar-refractivity contribution in [1.29, 1.82) is 0 Å². The number of cyclic esters (lactones) is 1. The van der Waals surface area contributed by atoms with Crippen LogP contribution in [0.5, 0.6) is 0 Å². The number of nitrogens with one attached hydrogen (secondary N) is 3. The van der Waals surface area contributed by atoms with Gasteiger partial charge in [0.25, 0.3) is 0 Å². The predicted molar refractivity (Wildman–Crippen MR) is 482 cm³/mol. The minimum absolute atomic E-state index is 0.0955. The highest BCUT2D eigenvalue weighted by Crippen LogP contribution is 2.29. The highest BCUT2D eigenvalue weighted by molar-refractivity contribution is 7.80. The molecule has 7 aromatic rings. The summed E-state index contributed by atoms with van der Waals surface area (Å²) in [5.41, 5.74) is 13.6. The molecule has 2 fully saturated rings. The first kappa shape index (κ1) is 99.4. The molecular formula is C93H131ClN10O10S3. The first-order valence-corrected chi connectivity index (χ1v) is 44.1. The molecule has 3 N–H and O–H groups in total. The van der Waals surface area contributed by atoms with Gasteiger partial charge in [0.1, 0.15) is 12.1 Å². The Labute approximate surface area is 717 Å². The number of thiol groups is 2. The third-order valence-electron chi connectivity index (χ3n) is 21.6. The predicted octanol–water partition coefficient (Wildman–Crippen LogP) is 19.3. The molecule has 0 bridgehead atoms. The molecule has 11 atom stereocenters. The van der Waals surface area contributed by atoms with Crippen LogP contribution >= 0.6 is 36.9 Å². The number of ether oxygens (including phenoxy) is 3. The van der Waals surface area contributed by atoms with Crippen LogP contribution in [0.25, 0.3) is 0 Å². The number of ketones is 1. The molecule has 9 rings (SSSR count). The van der Waals surface area contributed by atoms with E-state index in [1.54, 1.807) is 0 Å². The fraction of sp³-hybridized carbons (Fsp3) is 0.516. The van der Waals surface area contributed by atoms with Crippen molar-refractivity contribution in [2.75, 3.05) is 61.2 Å². The van der Waals surface area contributed by atoms with Gasteiger partial charge in [-0.3, -0.25) is 29.5 Å². The van der Waals surface area contributed by atoms with Gasteiger partial charge in [-0.15, -0.1) is 10.2 Å². The van der Waals surface area contributed by atoms with Gasteiger partial charge in [-0.1, -0.05) is 232 Å². The smallest absolute Gasteiger partial charge is 0.335 e. The fourth-order valence-electron chi connectivity index (χ4n) is 13.3. The Morgan fingerprint density at radius 1 is 0.684 bits per heavy atom. The molecule has 2 amide bonds. The number of benzene rings is 6. The fourth-order valence-corrected chi connectivity index (χ4v) is 13.9. The van der Waals surface area contributed by atoms with E-state index in [2.05, 4.69) is 165 Å². The SMILES string of the molecule is CCC(C)C(CCC(C)CS)CNC(C(=O)CC1CCOC1=O)C(C)CC.CCCC(NC(=O)C(Cc1ccccc1)OCC(CCC(C)CS)C(C)CC)C(=O)OC(C)C.Cc1ccc(Cn2cncc2CN2CCN(c3cccc(Cl)c3)C(=O)C2)cc1.Cc1ccc(N=N/C(=N\Nc2ccc(C)cc2)c2ccccc2)cc1.O=S=O. The van der Waals surface area contributed by atoms with Crippen LogP contribution in [0.4, 0.5) is 17.1 Å². The maximum absolute atomic E-state index is 13.3. The molecule has 0 spiro atoms. The van der Waals surface area contributed by atoms with Gasteiger partial charge < -0.3 is 34.3 Å². The van der Waals surface area contributed by atoms with Crippen molar-refractivity contribution in [1.82, 2.24) is 25.1 Å². The molecule has 6 aromatic carbocycles. The van der Waals surface area contributed by atoms with Crippen LogP contribution in [-0.4, -0.2) is 133 Å². The maximum Gasteiger partial charge on any atom is 0.335 e. The third-order valence-corrected chi connectivity index (χ3v) is 23.1. The van der Waals surface area contributed by atoms with Gasteiger partial charge in [-0.05, 0) is 186 Å². The van der Waals surface area contributed by atoms with E-state index in [-0.39, 0.29) is 53.5 Å². The van der Waals surface area contributed by atoms with Crippen LogP contribution in [0.3, 0.4) is 0 Å². The number of carbonyl (C=O) groups is 5. The molecule has 0 radical (unpaired) electrons. The summed E-state index contributed by atoms with van der Waals surface area (Å²) in [6, 6.07) is 50.8. The average molecular weight is 1680 g/mol. The van der Waals surface area contributed by atoms with E-state index in [4.69, 9.17) is 34.2 Å². The number of hydrogen-bond acceptors (Lipinski definition) is 18. The van der Waals surface area contributed by atoms with E-state index < -0.39 is 23.7 Å². The second-order valence-electron chi connectivity index (χ2n) is 31.6. The zero-order valence-electron chi connectivity index (χ0n) is 71.5. The van der Waals surface area contributed by atoms with Crippen molar-refractivity contribution in [3.8, 4) is 0 Å². The number of halogens is 1. The first-order valence-electron chi connectivity index (χ1n) is 41.7. The number of hydrazone groups is 1. The van der Waals surface area contributed by atoms with Crippen molar-refractivity contribution in [3.05, 3.63) is 214 Å². The Morgan fingerprint density at radius 3 is 1.84 bits per heavy atom. The number of nitrogens with zero attached hydrogens (tertiary/aromatic N) is 7. The molecule has 20 nitrogen and oxygen atoms in total. The van der Waals surface area contributed by atoms with Crippen molar-refractivity contribution in [2.45, 2.75) is 211 Å². The monoisotopic (exact) mass is 1680 g/mol. The highest BCUT2D eigenvalue weighted by Gasteiger charge is 2.35. The Bertz CT molecular complexity index is 4120. The molecule has 24 heteroatoms. The number of azo groups is 1. The van der Waals surface area contributed by atoms with Crippen molar-refractivity contribution >= 4 is 101 Å². The van der Waals surface area contributed by atoms with E-state index in [0.717, 1.165) is 104 Å². The number of carbonyl (C=O) groups excluding carboxylic acids is 5. The molecule has 2 aliphatic rings. The van der Waals surface area contributed by atoms with Crippen molar-refractivity contribution in [3.63, 3.8) is 0 Å². The Morgan fingerprint density at radius 2 is 1.27 bits per heavy atom. The second kappa shape index (κ2) is 55.6. The van der Waals surface area contributed by atoms with Crippen LogP contribution in [0.2, 0.25) is 5.02 Å². The van der Waals surface area contributed by atoms with Gasteiger partial charge in [0, 0.05) is 61.5 Å². The van der Waals surface area contributed by atoms with Crippen LogP contribution < -0.4 is 21.0 Å². The van der Waals surface area contributed by atoms with Gasteiger partial charge >= 0.3 is 23.5 Å². The molecule has 638 valence electrons. The largest absolute Gasteiger partial charge is 0.465 e. The minimum Gasteiger partial charge on any atom is -0.465 e. The zero-order valence-corrected chi connectivity index (χ0v) is 74.9. The molecule has 2 saturated heterocycles. The molecule has 2 aliphatic heterocycles. The van der Waals surface area contributed by atoms with Crippen LogP contribution in [0.1, 0.15) is 186 Å². The Balaban J connectivity index is 0.000000276. The number of anilines is 2. The minimum atomic E-state index is -0.750. The Kier molecular flexibility index (Phi) is 47.2. The van der Waals surface area contributed by atoms with Crippen LogP contribution in [0, 0.1) is 68.1 Å². The summed E-state index contributed by atoms with van der Waals surface area (Å²) >= 11 is 14.2. The molecule has 0 aliphatic carbocycles. The summed E-state index contributed by atoms with van der Waals surface area (Å²) < 4.78 is 35.4. The number of piperazine rings is 1. The standard InChI is InChI=1S/C28H47NO4S.C22H23ClN4O.C22H41NO3S.C21H20N4.O2S/c1-7-12-25(28(31)33-20(3)4)29-27(30)26(17-23-13-10-9-11-14-23)32-18-24(22(6)8-2)16-15-21(5)19-34;1-17-5-7-18(8-6-17)13-26-16-24-12-21(26)14-25-9-10-27(22(28)15-25)20-4-2-3-19(23)11-20;1-6-16(4)19(9-8-15(3)14-27)13-23-21(17(5)7-2)20(24)12-18-10-11-26-22(18)25;1-16-8-12-19(13-9-16)22-24-21(18-6-4-3-5-7-18)25-23-20-14-10-17(2)11-15-20;1-3-2/h9-11,13-14,20-22,24-26,34H,7-8,12,15-19H2,1-6H3,(H,29,30);2-8,11-12,16H,9-10,13-15H2,1H3;15-19,21,23,27H,6-14H2,1-5H3;3-15,22H,1-2H3;/b;;;24-21-,25-23?;.